The molecule has 0 radical (unpaired) electrons. The Morgan fingerprint density at radius 2 is 1.86 bits per heavy atom. The fourth-order valence-corrected chi connectivity index (χ4v) is 7.11. The van der Waals surface area contributed by atoms with E-state index in [2.05, 4.69) is 17.0 Å². The highest BCUT2D eigenvalue weighted by Crippen LogP contribution is 2.48. The van der Waals surface area contributed by atoms with Gasteiger partial charge in [-0.1, -0.05) is 6.92 Å². The van der Waals surface area contributed by atoms with Crippen LogP contribution in [0, 0.1) is 0 Å². The molecule has 1 amide bonds. The Labute approximate surface area is 166 Å². The van der Waals surface area contributed by atoms with Gasteiger partial charge in [-0.05, 0) is 37.9 Å². The van der Waals surface area contributed by atoms with Gasteiger partial charge in [0.15, 0.2) is 15.5 Å². The molecule has 0 fully saturated rings. The average molecular weight is 430 g/mol. The van der Waals surface area contributed by atoms with Crippen LogP contribution in [0.15, 0.2) is 45.7 Å². The first-order valence-corrected chi connectivity index (χ1v) is 12.1. The number of sulfone groups is 1. The minimum absolute atomic E-state index is 0.00991. The summed E-state index contributed by atoms with van der Waals surface area (Å²) in [6.07, 6.45) is 0.130. The molecule has 1 atom stereocenters. The highest BCUT2D eigenvalue weighted by Gasteiger charge is 2.29. The first kappa shape index (κ1) is 23.9. The van der Waals surface area contributed by atoms with Crippen LogP contribution < -0.4 is 11.1 Å². The Balaban J connectivity index is 3.03. The second-order valence-electron chi connectivity index (χ2n) is 6.06. The molecular weight excluding hydrogens is 403 g/mol. The van der Waals surface area contributed by atoms with Gasteiger partial charge in [0.2, 0.25) is 7.37 Å². The van der Waals surface area contributed by atoms with Crippen molar-refractivity contribution in [2.75, 3.05) is 37.7 Å². The zero-order chi connectivity index (χ0) is 21.5. The molecule has 0 spiro atoms. The zero-order valence-electron chi connectivity index (χ0n) is 16.5. The standard InChI is InChI=1S/C17H27N4O5PS/c1-6-26-27(23,7-2)12-28(24,25)14-10-8-13(9-11-14)20-17(22)15(19-3)16(18)21(4)5/h8-11H,3,6-7,12,18H2,1-2,4-5H3,(H,20,22)/b16-15-. The first-order valence-electron chi connectivity index (χ1n) is 8.50. The van der Waals surface area contributed by atoms with Crippen molar-refractivity contribution in [2.24, 2.45) is 10.7 Å². The molecule has 0 saturated heterocycles. The molecule has 0 heterocycles. The van der Waals surface area contributed by atoms with Crippen LogP contribution >= 0.6 is 7.37 Å². The van der Waals surface area contributed by atoms with Crippen molar-refractivity contribution in [3.63, 3.8) is 0 Å². The number of amides is 1. The van der Waals surface area contributed by atoms with Crippen molar-refractivity contribution < 1.29 is 22.3 Å². The van der Waals surface area contributed by atoms with Gasteiger partial charge in [-0.3, -0.25) is 14.4 Å². The number of nitrogens with one attached hydrogen (secondary N) is 1. The summed E-state index contributed by atoms with van der Waals surface area (Å²) in [5, 5.41) is 2.58. The van der Waals surface area contributed by atoms with Gasteiger partial charge in [-0.2, -0.15) is 0 Å². The van der Waals surface area contributed by atoms with Gasteiger partial charge in [0.05, 0.1) is 11.5 Å². The number of aliphatic imine (C=N–C) groups is 1. The van der Waals surface area contributed by atoms with E-state index in [0.29, 0.717) is 5.69 Å². The van der Waals surface area contributed by atoms with Crippen LogP contribution in [0.4, 0.5) is 5.69 Å². The Morgan fingerprint density at radius 3 is 2.29 bits per heavy atom. The summed E-state index contributed by atoms with van der Waals surface area (Å²) in [6, 6.07) is 5.51. The molecule has 0 aliphatic carbocycles. The van der Waals surface area contributed by atoms with E-state index < -0.39 is 28.6 Å². The fraction of sp³-hybridized carbons (Fsp3) is 0.412. The van der Waals surface area contributed by atoms with Crippen LogP contribution in [0.2, 0.25) is 0 Å². The van der Waals surface area contributed by atoms with E-state index in [1.54, 1.807) is 27.9 Å². The number of hydrogen-bond donors (Lipinski definition) is 2. The summed E-state index contributed by atoms with van der Waals surface area (Å²) in [7, 11) is -3.75. The lowest BCUT2D eigenvalue weighted by Gasteiger charge is -2.16. The van der Waals surface area contributed by atoms with Gasteiger partial charge in [-0.25, -0.2) is 8.42 Å². The number of carbonyl (C=O) groups is 1. The van der Waals surface area contributed by atoms with E-state index in [0.717, 1.165) is 0 Å². The molecule has 0 aliphatic heterocycles. The quantitative estimate of drug-likeness (QED) is 0.330. The predicted molar refractivity (Wildman–Crippen MR) is 111 cm³/mol. The normalized spacial score (nSPS) is 14.6. The fourth-order valence-electron chi connectivity index (χ4n) is 2.21. The summed E-state index contributed by atoms with van der Waals surface area (Å²) in [4.78, 5) is 17.4. The van der Waals surface area contributed by atoms with E-state index in [4.69, 9.17) is 10.3 Å². The van der Waals surface area contributed by atoms with Gasteiger partial charge < -0.3 is 20.5 Å². The molecule has 1 rings (SSSR count). The van der Waals surface area contributed by atoms with Crippen LogP contribution in [0.5, 0.6) is 0 Å². The summed E-state index contributed by atoms with van der Waals surface area (Å²) < 4.78 is 42.8. The maximum Gasteiger partial charge on any atom is 0.277 e. The number of anilines is 1. The van der Waals surface area contributed by atoms with Gasteiger partial charge in [0.25, 0.3) is 5.91 Å². The van der Waals surface area contributed by atoms with Gasteiger partial charge in [0, 0.05) is 25.9 Å². The Bertz CT molecular complexity index is 895. The molecule has 0 aromatic heterocycles. The zero-order valence-corrected chi connectivity index (χ0v) is 18.2. The molecule has 0 saturated carbocycles. The largest absolute Gasteiger partial charge is 0.383 e. The SMILES string of the molecule is C=N/C(C(=O)Nc1ccc(S(=O)(=O)CP(=O)(CC)OCC)cc1)=C(/N)N(C)C. The molecule has 0 bridgehead atoms. The highest BCUT2D eigenvalue weighted by atomic mass is 32.2. The lowest BCUT2D eigenvalue weighted by Crippen LogP contribution is -2.25. The lowest BCUT2D eigenvalue weighted by molar-refractivity contribution is -0.113. The number of rotatable bonds is 10. The number of nitrogens with zero attached hydrogens (tertiary/aromatic N) is 2. The van der Waals surface area contributed by atoms with Crippen molar-refractivity contribution in [1.82, 2.24) is 4.90 Å². The maximum absolute atomic E-state index is 12.5. The summed E-state index contributed by atoms with van der Waals surface area (Å²) in [6.45, 7) is 6.80. The Morgan fingerprint density at radius 1 is 1.29 bits per heavy atom. The van der Waals surface area contributed by atoms with E-state index >= 15 is 0 Å². The Kier molecular flexibility index (Phi) is 8.41. The van der Waals surface area contributed by atoms with Crippen molar-refractivity contribution in [2.45, 2.75) is 18.7 Å². The summed E-state index contributed by atoms with van der Waals surface area (Å²) in [5.74, 6) is -0.443. The van der Waals surface area contributed by atoms with Crippen LogP contribution in [-0.2, 0) is 23.7 Å². The van der Waals surface area contributed by atoms with Crippen molar-refractivity contribution in [3.05, 3.63) is 35.8 Å². The molecule has 9 nitrogen and oxygen atoms in total. The van der Waals surface area contributed by atoms with Crippen molar-refractivity contribution in [3.8, 4) is 0 Å². The number of hydrogen-bond acceptors (Lipinski definition) is 8. The van der Waals surface area contributed by atoms with Crippen LogP contribution in [-0.4, -0.2) is 58.3 Å². The van der Waals surface area contributed by atoms with E-state index in [1.807, 2.05) is 0 Å². The second kappa shape index (κ2) is 9.86. The average Bonchev–Trinajstić information content (AvgIpc) is 2.62. The van der Waals surface area contributed by atoms with Crippen molar-refractivity contribution in [1.29, 1.82) is 0 Å². The first-order chi connectivity index (χ1) is 13.0. The number of nitrogens with two attached hydrogens (primary N) is 1. The van der Waals surface area contributed by atoms with E-state index in [9.17, 15) is 17.8 Å². The summed E-state index contributed by atoms with van der Waals surface area (Å²) in [5.41, 5.74) is 5.52. The third-order valence-electron chi connectivity index (χ3n) is 3.78. The molecule has 0 aliphatic rings. The van der Waals surface area contributed by atoms with Crippen LogP contribution in [0.1, 0.15) is 13.8 Å². The monoisotopic (exact) mass is 430 g/mol. The topological polar surface area (TPSA) is 131 Å². The second-order valence-corrected chi connectivity index (χ2v) is 11.3. The molecular formula is C17H27N4O5PS. The molecule has 1 aromatic rings. The van der Waals surface area contributed by atoms with Gasteiger partial charge in [0.1, 0.15) is 11.3 Å². The number of benzene rings is 1. The minimum Gasteiger partial charge on any atom is -0.383 e. The van der Waals surface area contributed by atoms with E-state index in [-0.39, 0.29) is 29.2 Å². The summed E-state index contributed by atoms with van der Waals surface area (Å²) >= 11 is 0. The highest BCUT2D eigenvalue weighted by molar-refractivity contribution is 7.98. The minimum atomic E-state index is -3.81. The molecule has 156 valence electrons. The molecule has 1 unspecified atom stereocenters. The third kappa shape index (κ3) is 6.19. The van der Waals surface area contributed by atoms with Crippen LogP contribution in [0.3, 0.4) is 0 Å². The molecule has 28 heavy (non-hydrogen) atoms. The lowest BCUT2D eigenvalue weighted by atomic mass is 10.3. The van der Waals surface area contributed by atoms with Gasteiger partial charge in [-0.15, -0.1) is 0 Å². The maximum atomic E-state index is 12.5. The van der Waals surface area contributed by atoms with Gasteiger partial charge >= 0.3 is 0 Å². The molecule has 11 heteroatoms. The molecule has 1 aromatic carbocycles. The van der Waals surface area contributed by atoms with Crippen LogP contribution in [0.25, 0.3) is 0 Å². The smallest absolute Gasteiger partial charge is 0.277 e. The Hall–Kier alpha value is -2.16. The molecule has 3 N–H and O–H groups in total. The predicted octanol–water partition coefficient (Wildman–Crippen LogP) is 2.08. The van der Waals surface area contributed by atoms with E-state index in [1.165, 1.54) is 29.2 Å². The number of carbonyl (C=O) groups excluding carboxylic acids is 1. The van der Waals surface area contributed by atoms with Crippen molar-refractivity contribution >= 4 is 35.5 Å². The third-order valence-corrected chi connectivity index (χ3v) is 9.40.